The number of methoxy groups -OCH3 is 1. The Balaban J connectivity index is 3.08. The largest absolute Gasteiger partial charge is 0.495 e. The normalized spacial score (nSPS) is 9.85. The van der Waals surface area contributed by atoms with Crippen molar-refractivity contribution in [2.24, 2.45) is 0 Å². The number of hydrogen-bond acceptors (Lipinski definition) is 6. The van der Waals surface area contributed by atoms with Crippen LogP contribution in [-0.2, 0) is 0 Å². The van der Waals surface area contributed by atoms with E-state index in [-0.39, 0.29) is 11.3 Å². The average molecular weight is 200 g/mol. The molecule has 1 heterocycles. The molecule has 0 unspecified atom stereocenters. The Morgan fingerprint density at radius 1 is 1.54 bits per heavy atom. The van der Waals surface area contributed by atoms with Crippen LogP contribution in [-0.4, -0.2) is 40.5 Å². The summed E-state index contributed by atoms with van der Waals surface area (Å²) < 4.78 is 4.86. The highest BCUT2D eigenvalue weighted by atomic mass is 32.2. The lowest BCUT2D eigenvalue weighted by Gasteiger charge is -2.06. The second-order valence-electron chi connectivity index (χ2n) is 2.19. The molecule has 0 radical (unpaired) electrons. The van der Waals surface area contributed by atoms with Crippen molar-refractivity contribution >= 4 is 24.3 Å². The number of hydrogen-bond donors (Lipinski definition) is 2. The van der Waals surface area contributed by atoms with Gasteiger partial charge in [-0.15, -0.1) is 0 Å². The van der Waals surface area contributed by atoms with Gasteiger partial charge in [0.25, 0.3) is 0 Å². The van der Waals surface area contributed by atoms with Gasteiger partial charge in [-0.1, -0.05) is 11.8 Å². The van der Waals surface area contributed by atoms with E-state index in [9.17, 15) is 0 Å². The molecule has 1 aromatic rings. The molecule has 70 valence electrons. The second kappa shape index (κ2) is 4.45. The average Bonchev–Trinajstić information content (AvgIpc) is 2.16. The van der Waals surface area contributed by atoms with Gasteiger partial charge in [0.05, 0.1) is 12.6 Å². The Morgan fingerprint density at radius 2 is 2.23 bits per heavy atom. The lowest BCUT2D eigenvalue weighted by Crippen LogP contribution is -2.32. The smallest absolute Gasteiger partial charge is 0.481 e. The first-order valence-corrected chi connectivity index (χ1v) is 4.72. The molecule has 0 amide bonds. The van der Waals surface area contributed by atoms with Crippen molar-refractivity contribution in [1.82, 2.24) is 9.97 Å². The predicted octanol–water partition coefficient (Wildman–Crippen LogP) is -1.11. The van der Waals surface area contributed by atoms with Gasteiger partial charge in [0.15, 0.2) is 5.16 Å². The minimum Gasteiger partial charge on any atom is -0.481 e. The van der Waals surface area contributed by atoms with E-state index < -0.39 is 7.12 Å². The summed E-state index contributed by atoms with van der Waals surface area (Å²) in [5, 5.41) is 18.3. The maximum absolute atomic E-state index is 8.89. The molecular weight excluding hydrogens is 191 g/mol. The molecule has 0 atom stereocenters. The molecule has 0 bridgehead atoms. The van der Waals surface area contributed by atoms with E-state index in [0.717, 1.165) is 0 Å². The summed E-state index contributed by atoms with van der Waals surface area (Å²) in [5.41, 5.74) is 0.167. The van der Waals surface area contributed by atoms with Gasteiger partial charge in [0.2, 0.25) is 5.88 Å². The first kappa shape index (κ1) is 10.3. The van der Waals surface area contributed by atoms with Crippen molar-refractivity contribution in [1.29, 1.82) is 0 Å². The van der Waals surface area contributed by atoms with Crippen LogP contribution in [0, 0.1) is 0 Å². The summed E-state index contributed by atoms with van der Waals surface area (Å²) >= 11 is 1.35. The summed E-state index contributed by atoms with van der Waals surface area (Å²) in [6, 6.07) is 0. The van der Waals surface area contributed by atoms with Crippen molar-refractivity contribution < 1.29 is 14.8 Å². The van der Waals surface area contributed by atoms with E-state index in [2.05, 4.69) is 9.97 Å². The number of nitrogens with zero attached hydrogens (tertiary/aromatic N) is 2. The lowest BCUT2D eigenvalue weighted by atomic mass is 9.82. The minimum absolute atomic E-state index is 0.167. The summed E-state index contributed by atoms with van der Waals surface area (Å²) in [6.07, 6.45) is 3.16. The fourth-order valence-electron chi connectivity index (χ4n) is 0.799. The highest BCUT2D eigenvalue weighted by Crippen LogP contribution is 2.10. The highest BCUT2D eigenvalue weighted by molar-refractivity contribution is 7.98. The van der Waals surface area contributed by atoms with Crippen molar-refractivity contribution in [3.8, 4) is 5.88 Å². The molecular formula is C6H9BN2O3S. The van der Waals surface area contributed by atoms with E-state index in [0.29, 0.717) is 5.16 Å². The zero-order valence-electron chi connectivity index (χ0n) is 7.26. The van der Waals surface area contributed by atoms with Crippen LogP contribution in [0.3, 0.4) is 0 Å². The zero-order chi connectivity index (χ0) is 9.84. The molecule has 13 heavy (non-hydrogen) atoms. The van der Waals surface area contributed by atoms with Gasteiger partial charge in [0.1, 0.15) is 0 Å². The van der Waals surface area contributed by atoms with Crippen molar-refractivity contribution in [3.05, 3.63) is 6.20 Å². The van der Waals surface area contributed by atoms with Gasteiger partial charge in [0, 0.05) is 6.20 Å². The van der Waals surface area contributed by atoms with E-state index in [4.69, 9.17) is 14.8 Å². The SMILES string of the molecule is COc1nc(SC)ncc1B(O)O. The van der Waals surface area contributed by atoms with E-state index >= 15 is 0 Å². The molecule has 1 aromatic heterocycles. The number of ether oxygens (including phenoxy) is 1. The number of rotatable bonds is 3. The van der Waals surface area contributed by atoms with Crippen LogP contribution in [0.1, 0.15) is 0 Å². The fourth-order valence-corrected chi connectivity index (χ4v) is 1.13. The van der Waals surface area contributed by atoms with E-state index in [1.807, 2.05) is 6.26 Å². The quantitative estimate of drug-likeness (QED) is 0.366. The second-order valence-corrected chi connectivity index (χ2v) is 2.97. The molecule has 1 rings (SSSR count). The molecule has 0 aliphatic carbocycles. The molecule has 0 aromatic carbocycles. The monoisotopic (exact) mass is 200 g/mol. The Kier molecular flexibility index (Phi) is 3.53. The molecule has 7 heteroatoms. The molecule has 0 fully saturated rings. The van der Waals surface area contributed by atoms with Crippen LogP contribution in [0.5, 0.6) is 5.88 Å². The summed E-state index contributed by atoms with van der Waals surface area (Å²) in [4.78, 5) is 7.82. The molecule has 2 N–H and O–H groups in total. The van der Waals surface area contributed by atoms with Gasteiger partial charge >= 0.3 is 7.12 Å². The highest BCUT2D eigenvalue weighted by Gasteiger charge is 2.19. The molecule has 0 aliphatic heterocycles. The molecule has 0 aliphatic rings. The van der Waals surface area contributed by atoms with Crippen LogP contribution < -0.4 is 10.2 Å². The summed E-state index contributed by atoms with van der Waals surface area (Å²) in [7, 11) is -0.191. The first-order valence-electron chi connectivity index (χ1n) is 3.50. The van der Waals surface area contributed by atoms with Gasteiger partial charge < -0.3 is 14.8 Å². The molecule has 0 saturated heterocycles. The molecule has 0 saturated carbocycles. The topological polar surface area (TPSA) is 75.5 Å². The Labute approximate surface area is 80.3 Å². The lowest BCUT2D eigenvalue weighted by molar-refractivity contribution is 0.386. The molecule has 0 spiro atoms. The Hall–Kier alpha value is -0.785. The van der Waals surface area contributed by atoms with Crippen LogP contribution in [0.4, 0.5) is 0 Å². The third kappa shape index (κ3) is 2.33. The standard InChI is InChI=1S/C6H9BN2O3S/c1-12-5-4(7(10)11)3-8-6(9-5)13-2/h3,10-11H,1-2H3. The van der Waals surface area contributed by atoms with Crippen LogP contribution in [0.15, 0.2) is 11.4 Å². The van der Waals surface area contributed by atoms with Gasteiger partial charge in [-0.25, -0.2) is 4.98 Å². The fraction of sp³-hybridized carbons (Fsp3) is 0.333. The maximum Gasteiger partial charge on any atom is 0.495 e. The van der Waals surface area contributed by atoms with Crippen LogP contribution in [0.25, 0.3) is 0 Å². The minimum atomic E-state index is -1.61. The number of aromatic nitrogens is 2. The van der Waals surface area contributed by atoms with Crippen molar-refractivity contribution in [2.75, 3.05) is 13.4 Å². The maximum atomic E-state index is 8.89. The number of thioether (sulfide) groups is 1. The van der Waals surface area contributed by atoms with Crippen molar-refractivity contribution in [2.45, 2.75) is 5.16 Å². The van der Waals surface area contributed by atoms with Gasteiger partial charge in [-0.3, -0.25) is 0 Å². The summed E-state index contributed by atoms with van der Waals surface area (Å²) in [5.74, 6) is 0.189. The summed E-state index contributed by atoms with van der Waals surface area (Å²) in [6.45, 7) is 0. The predicted molar refractivity (Wildman–Crippen MR) is 50.2 cm³/mol. The van der Waals surface area contributed by atoms with Crippen LogP contribution >= 0.6 is 11.8 Å². The van der Waals surface area contributed by atoms with E-state index in [1.54, 1.807) is 0 Å². The van der Waals surface area contributed by atoms with E-state index in [1.165, 1.54) is 25.1 Å². The zero-order valence-corrected chi connectivity index (χ0v) is 8.08. The van der Waals surface area contributed by atoms with Crippen LogP contribution in [0.2, 0.25) is 0 Å². The van der Waals surface area contributed by atoms with Gasteiger partial charge in [-0.05, 0) is 6.26 Å². The Bertz CT molecular complexity index is 297. The third-order valence-electron chi connectivity index (χ3n) is 1.41. The first-order chi connectivity index (χ1) is 6.19. The van der Waals surface area contributed by atoms with Crippen molar-refractivity contribution in [3.63, 3.8) is 0 Å². The third-order valence-corrected chi connectivity index (χ3v) is 1.97. The Morgan fingerprint density at radius 3 is 2.69 bits per heavy atom. The van der Waals surface area contributed by atoms with Gasteiger partial charge in [-0.2, -0.15) is 4.98 Å². The molecule has 5 nitrogen and oxygen atoms in total.